The van der Waals surface area contributed by atoms with Gasteiger partial charge >= 0.3 is 0 Å². The lowest BCUT2D eigenvalue weighted by molar-refractivity contribution is 0.0389. The molecular weight excluding hydrogens is 320 g/mol. The monoisotopic (exact) mass is 342 g/mol. The molecule has 2 aliphatic heterocycles. The van der Waals surface area contributed by atoms with E-state index in [2.05, 4.69) is 4.90 Å². The smallest absolute Gasteiger partial charge is 0.210 e. The Balaban J connectivity index is 1.74. The van der Waals surface area contributed by atoms with Gasteiger partial charge in [0, 0.05) is 49.4 Å². The summed E-state index contributed by atoms with van der Waals surface area (Å²) in [4.78, 5) is 30.6. The van der Waals surface area contributed by atoms with Crippen molar-refractivity contribution in [2.75, 3.05) is 59.2 Å². The van der Waals surface area contributed by atoms with Crippen molar-refractivity contribution in [3.8, 4) is 0 Å². The molecule has 0 amide bonds. The number of morpholine rings is 2. The van der Waals surface area contributed by atoms with Crippen LogP contribution in [0.25, 0.3) is 0 Å². The van der Waals surface area contributed by atoms with Gasteiger partial charge in [-0.15, -0.1) is 0 Å². The van der Waals surface area contributed by atoms with E-state index in [9.17, 15) is 9.59 Å². The van der Waals surface area contributed by atoms with Crippen LogP contribution in [0.5, 0.6) is 0 Å². The van der Waals surface area contributed by atoms with Crippen LogP contribution in [0.2, 0.25) is 0 Å². The number of fused-ring (bicyclic) bond motifs is 1. The van der Waals surface area contributed by atoms with E-state index in [1.807, 2.05) is 17.0 Å². The maximum absolute atomic E-state index is 13.2. The van der Waals surface area contributed by atoms with Crippen molar-refractivity contribution >= 4 is 11.6 Å². The number of allylic oxidation sites excluding steroid dienone is 1. The van der Waals surface area contributed by atoms with Crippen LogP contribution in [0.15, 0.2) is 35.5 Å². The number of carbonyl (C=O) groups excluding carboxylic acids is 2. The third-order valence-corrected chi connectivity index (χ3v) is 5.00. The molecular formula is C19H22N2O4. The summed E-state index contributed by atoms with van der Waals surface area (Å²) in [6.45, 7) is 5.83. The van der Waals surface area contributed by atoms with Crippen LogP contribution >= 0.6 is 0 Å². The number of nitrogens with zero attached hydrogens (tertiary/aromatic N) is 2. The molecule has 0 bridgehead atoms. The molecule has 0 atom stereocenters. The summed E-state index contributed by atoms with van der Waals surface area (Å²) >= 11 is 0. The highest BCUT2D eigenvalue weighted by Crippen LogP contribution is 2.29. The van der Waals surface area contributed by atoms with Gasteiger partial charge in [0.1, 0.15) is 0 Å². The first-order valence-corrected chi connectivity index (χ1v) is 8.80. The van der Waals surface area contributed by atoms with E-state index in [4.69, 9.17) is 9.47 Å². The Bertz CT molecular complexity index is 716. The summed E-state index contributed by atoms with van der Waals surface area (Å²) in [5.41, 5.74) is 2.22. The third-order valence-electron chi connectivity index (χ3n) is 5.00. The number of benzene rings is 1. The lowest BCUT2D eigenvalue weighted by atomic mass is 9.86. The van der Waals surface area contributed by atoms with Gasteiger partial charge in [-0.3, -0.25) is 14.5 Å². The average Bonchev–Trinajstić information content (AvgIpc) is 2.68. The minimum atomic E-state index is -0.0413. The molecule has 1 aromatic rings. The molecule has 25 heavy (non-hydrogen) atoms. The molecule has 0 spiro atoms. The zero-order valence-corrected chi connectivity index (χ0v) is 14.2. The summed E-state index contributed by atoms with van der Waals surface area (Å²) in [6, 6.07) is 7.14. The van der Waals surface area contributed by atoms with Crippen molar-refractivity contribution in [2.24, 2.45) is 0 Å². The van der Waals surface area contributed by atoms with Crippen LogP contribution in [0.3, 0.4) is 0 Å². The van der Waals surface area contributed by atoms with E-state index in [0.717, 1.165) is 13.1 Å². The Morgan fingerprint density at radius 1 is 0.800 bits per heavy atom. The number of ether oxygens (including phenoxy) is 2. The third kappa shape index (κ3) is 3.13. The van der Waals surface area contributed by atoms with Gasteiger partial charge in [-0.05, 0) is 0 Å². The van der Waals surface area contributed by atoms with Crippen LogP contribution in [0.4, 0.5) is 0 Å². The SMILES string of the molecule is O=C1C(CN2CCOCC2)=C(N2CCOCC2)C(=O)c2ccccc21. The van der Waals surface area contributed by atoms with Gasteiger partial charge in [0.05, 0.1) is 32.1 Å². The first kappa shape index (κ1) is 16.4. The van der Waals surface area contributed by atoms with Crippen molar-refractivity contribution in [3.05, 3.63) is 46.7 Å². The highest BCUT2D eigenvalue weighted by Gasteiger charge is 2.36. The first-order chi connectivity index (χ1) is 12.3. The van der Waals surface area contributed by atoms with E-state index < -0.39 is 0 Å². The van der Waals surface area contributed by atoms with E-state index in [-0.39, 0.29) is 11.6 Å². The predicted molar refractivity (Wildman–Crippen MR) is 91.8 cm³/mol. The summed E-state index contributed by atoms with van der Waals surface area (Å²) < 4.78 is 10.8. The molecule has 0 unspecified atom stereocenters. The Labute approximate surface area is 147 Å². The van der Waals surface area contributed by atoms with E-state index in [1.54, 1.807) is 12.1 Å². The summed E-state index contributed by atoms with van der Waals surface area (Å²) in [7, 11) is 0. The molecule has 2 fully saturated rings. The van der Waals surface area contributed by atoms with Gasteiger partial charge in [-0.1, -0.05) is 24.3 Å². The fraction of sp³-hybridized carbons (Fsp3) is 0.474. The highest BCUT2D eigenvalue weighted by molar-refractivity contribution is 6.26. The standard InChI is InChI=1S/C19H22N2O4/c22-18-14-3-1-2-4-15(14)19(23)17(21-7-11-25-12-8-21)16(18)13-20-5-9-24-10-6-20/h1-4H,5-13H2. The largest absolute Gasteiger partial charge is 0.379 e. The second kappa shape index (κ2) is 7.07. The molecule has 0 N–H and O–H groups in total. The highest BCUT2D eigenvalue weighted by atomic mass is 16.5. The Morgan fingerprint density at radius 2 is 1.36 bits per heavy atom. The van der Waals surface area contributed by atoms with Gasteiger partial charge in [-0.25, -0.2) is 0 Å². The first-order valence-electron chi connectivity index (χ1n) is 8.80. The van der Waals surface area contributed by atoms with Crippen LogP contribution in [0.1, 0.15) is 20.7 Å². The van der Waals surface area contributed by atoms with Crippen molar-refractivity contribution in [3.63, 3.8) is 0 Å². The molecule has 0 saturated carbocycles. The molecule has 0 radical (unpaired) electrons. The molecule has 0 aromatic heterocycles. The number of rotatable bonds is 3. The van der Waals surface area contributed by atoms with Crippen LogP contribution in [-0.4, -0.2) is 80.5 Å². The van der Waals surface area contributed by atoms with Gasteiger partial charge in [0.15, 0.2) is 5.78 Å². The fourth-order valence-electron chi connectivity index (χ4n) is 3.66. The maximum Gasteiger partial charge on any atom is 0.210 e. The number of hydrogen-bond acceptors (Lipinski definition) is 6. The maximum atomic E-state index is 13.2. The average molecular weight is 342 g/mol. The minimum Gasteiger partial charge on any atom is -0.379 e. The second-order valence-electron chi connectivity index (χ2n) is 6.52. The van der Waals surface area contributed by atoms with Gasteiger partial charge < -0.3 is 14.4 Å². The lowest BCUT2D eigenvalue weighted by Crippen LogP contribution is -2.44. The zero-order chi connectivity index (χ0) is 17.2. The fourth-order valence-corrected chi connectivity index (χ4v) is 3.66. The molecule has 2 saturated heterocycles. The molecule has 1 aliphatic carbocycles. The summed E-state index contributed by atoms with van der Waals surface area (Å²) in [6.07, 6.45) is 0. The summed E-state index contributed by atoms with van der Waals surface area (Å²) in [5.74, 6) is -0.0662. The zero-order valence-electron chi connectivity index (χ0n) is 14.2. The van der Waals surface area contributed by atoms with E-state index in [0.29, 0.717) is 68.5 Å². The molecule has 2 heterocycles. The van der Waals surface area contributed by atoms with Crippen LogP contribution < -0.4 is 0 Å². The van der Waals surface area contributed by atoms with Crippen molar-refractivity contribution in [1.82, 2.24) is 9.80 Å². The number of hydrogen-bond donors (Lipinski definition) is 0. The molecule has 6 nitrogen and oxygen atoms in total. The second-order valence-corrected chi connectivity index (χ2v) is 6.52. The lowest BCUT2D eigenvalue weighted by Gasteiger charge is -2.35. The molecule has 3 aliphatic rings. The molecule has 1 aromatic carbocycles. The van der Waals surface area contributed by atoms with Gasteiger partial charge in [0.2, 0.25) is 5.78 Å². The predicted octanol–water partition coefficient (Wildman–Crippen LogP) is 0.984. The quantitative estimate of drug-likeness (QED) is 0.816. The minimum absolute atomic E-state index is 0.0248. The normalized spacial score (nSPS) is 22.3. The van der Waals surface area contributed by atoms with Crippen molar-refractivity contribution in [2.45, 2.75) is 0 Å². The molecule has 4 rings (SSSR count). The topological polar surface area (TPSA) is 59.1 Å². The summed E-state index contributed by atoms with van der Waals surface area (Å²) in [5, 5.41) is 0. The van der Waals surface area contributed by atoms with Crippen LogP contribution in [-0.2, 0) is 9.47 Å². The van der Waals surface area contributed by atoms with Gasteiger partial charge in [-0.2, -0.15) is 0 Å². The Hall–Kier alpha value is -2.02. The van der Waals surface area contributed by atoms with E-state index in [1.165, 1.54) is 0 Å². The van der Waals surface area contributed by atoms with Gasteiger partial charge in [0.25, 0.3) is 0 Å². The Kier molecular flexibility index (Phi) is 4.65. The van der Waals surface area contributed by atoms with E-state index >= 15 is 0 Å². The number of carbonyl (C=O) groups is 2. The van der Waals surface area contributed by atoms with Crippen LogP contribution in [0, 0.1) is 0 Å². The Morgan fingerprint density at radius 3 is 2.00 bits per heavy atom. The van der Waals surface area contributed by atoms with Crippen molar-refractivity contribution in [1.29, 1.82) is 0 Å². The molecule has 132 valence electrons. The number of ketones is 2. The number of Topliss-reactive ketones (excluding diaryl/α,β-unsaturated/α-hetero) is 2. The van der Waals surface area contributed by atoms with Crippen molar-refractivity contribution < 1.29 is 19.1 Å². The molecule has 6 heteroatoms.